The van der Waals surface area contributed by atoms with Crippen LogP contribution in [0.4, 0.5) is 0 Å². The van der Waals surface area contributed by atoms with Crippen molar-refractivity contribution in [2.24, 2.45) is 0 Å². The maximum atomic E-state index is 5.54. The summed E-state index contributed by atoms with van der Waals surface area (Å²) in [5.41, 5.74) is 0. The summed E-state index contributed by atoms with van der Waals surface area (Å²) in [6.07, 6.45) is 1.83. The van der Waals surface area contributed by atoms with Crippen molar-refractivity contribution in [3.05, 3.63) is 47.3 Å². The quantitative estimate of drug-likeness (QED) is 0.764. The predicted molar refractivity (Wildman–Crippen MR) is 64.7 cm³/mol. The van der Waals surface area contributed by atoms with Crippen LogP contribution in [0.2, 0.25) is 0 Å². The van der Waals surface area contributed by atoms with E-state index < -0.39 is 0 Å². The van der Waals surface area contributed by atoms with Crippen molar-refractivity contribution in [2.45, 2.75) is 39.9 Å². The number of furan rings is 2. The zero-order valence-corrected chi connectivity index (χ0v) is 10.4. The molecule has 17 heavy (non-hydrogen) atoms. The van der Waals surface area contributed by atoms with E-state index in [4.69, 9.17) is 13.6 Å². The summed E-state index contributed by atoms with van der Waals surface area (Å²) in [6, 6.07) is 7.89. The first-order chi connectivity index (χ1) is 8.31. The Morgan fingerprint density at radius 1 is 0.765 bits per heavy atom. The third-order valence-corrected chi connectivity index (χ3v) is 2.62. The first kappa shape index (κ1) is 12.0. The van der Waals surface area contributed by atoms with E-state index in [-0.39, 0.29) is 0 Å². The van der Waals surface area contributed by atoms with Gasteiger partial charge in [0.2, 0.25) is 0 Å². The molecule has 0 saturated carbocycles. The SMILES string of the molecule is CCc1ccc(COCc2ccc(CC)o2)o1. The van der Waals surface area contributed by atoms with Gasteiger partial charge in [-0.3, -0.25) is 0 Å². The number of rotatable bonds is 6. The Morgan fingerprint density at radius 2 is 1.18 bits per heavy atom. The average Bonchev–Trinajstić information content (AvgIpc) is 2.97. The molecular weight excluding hydrogens is 216 g/mol. The normalized spacial score (nSPS) is 10.9. The van der Waals surface area contributed by atoms with Gasteiger partial charge < -0.3 is 13.6 Å². The van der Waals surface area contributed by atoms with Crippen molar-refractivity contribution in [1.29, 1.82) is 0 Å². The first-order valence-corrected chi connectivity index (χ1v) is 6.04. The van der Waals surface area contributed by atoms with Gasteiger partial charge in [0.25, 0.3) is 0 Å². The Labute approximate surface area is 101 Å². The third kappa shape index (κ3) is 3.24. The standard InChI is InChI=1S/C14H18O3/c1-3-11-5-7-13(16-11)9-15-10-14-8-6-12(4-2)17-14/h5-8H,3-4,9-10H2,1-2H3. The molecule has 2 aromatic heterocycles. The summed E-state index contributed by atoms with van der Waals surface area (Å²) < 4.78 is 16.6. The molecule has 0 saturated heterocycles. The lowest BCUT2D eigenvalue weighted by Gasteiger charge is -1.99. The Hall–Kier alpha value is -1.48. The minimum absolute atomic E-state index is 0.488. The van der Waals surface area contributed by atoms with Gasteiger partial charge in [-0.05, 0) is 24.3 Å². The molecule has 2 rings (SSSR count). The minimum Gasteiger partial charge on any atom is -0.464 e. The van der Waals surface area contributed by atoms with Crippen molar-refractivity contribution in [1.82, 2.24) is 0 Å². The van der Waals surface area contributed by atoms with E-state index in [9.17, 15) is 0 Å². The lowest BCUT2D eigenvalue weighted by molar-refractivity contribution is 0.0790. The van der Waals surface area contributed by atoms with E-state index in [2.05, 4.69) is 13.8 Å². The molecule has 2 aromatic rings. The van der Waals surface area contributed by atoms with Crippen LogP contribution in [-0.4, -0.2) is 0 Å². The van der Waals surface area contributed by atoms with Gasteiger partial charge in [-0.2, -0.15) is 0 Å². The highest BCUT2D eigenvalue weighted by molar-refractivity contribution is 5.07. The molecule has 0 aliphatic rings. The van der Waals surface area contributed by atoms with Crippen LogP contribution in [0.25, 0.3) is 0 Å². The summed E-state index contributed by atoms with van der Waals surface area (Å²) >= 11 is 0. The molecule has 0 bridgehead atoms. The lowest BCUT2D eigenvalue weighted by atomic mass is 10.3. The number of hydrogen-bond donors (Lipinski definition) is 0. The van der Waals surface area contributed by atoms with Gasteiger partial charge in [-0.1, -0.05) is 13.8 Å². The van der Waals surface area contributed by atoms with Crippen LogP contribution in [0.15, 0.2) is 33.1 Å². The van der Waals surface area contributed by atoms with Crippen LogP contribution >= 0.6 is 0 Å². The topological polar surface area (TPSA) is 35.5 Å². The van der Waals surface area contributed by atoms with Crippen LogP contribution in [0.5, 0.6) is 0 Å². The second-order valence-electron chi connectivity index (χ2n) is 3.94. The Balaban J connectivity index is 1.79. The van der Waals surface area contributed by atoms with Gasteiger partial charge in [-0.15, -0.1) is 0 Å². The fraction of sp³-hybridized carbons (Fsp3) is 0.429. The molecular formula is C14H18O3. The minimum atomic E-state index is 0.488. The van der Waals surface area contributed by atoms with Gasteiger partial charge in [0, 0.05) is 12.8 Å². The molecule has 3 heteroatoms. The zero-order valence-electron chi connectivity index (χ0n) is 10.4. The molecule has 0 aliphatic heterocycles. The summed E-state index contributed by atoms with van der Waals surface area (Å²) in [6.45, 7) is 5.11. The number of ether oxygens (including phenoxy) is 1. The van der Waals surface area contributed by atoms with E-state index in [1.165, 1.54) is 0 Å². The molecule has 0 aliphatic carbocycles. The van der Waals surface area contributed by atoms with Crippen molar-refractivity contribution in [3.8, 4) is 0 Å². The molecule has 0 amide bonds. The van der Waals surface area contributed by atoms with Crippen molar-refractivity contribution in [3.63, 3.8) is 0 Å². The van der Waals surface area contributed by atoms with Crippen LogP contribution in [0.1, 0.15) is 36.9 Å². The average molecular weight is 234 g/mol. The van der Waals surface area contributed by atoms with Gasteiger partial charge in [0.1, 0.15) is 36.3 Å². The van der Waals surface area contributed by atoms with Gasteiger partial charge in [0.15, 0.2) is 0 Å². The van der Waals surface area contributed by atoms with Crippen molar-refractivity contribution >= 4 is 0 Å². The van der Waals surface area contributed by atoms with Crippen LogP contribution in [0, 0.1) is 0 Å². The smallest absolute Gasteiger partial charge is 0.129 e. The fourth-order valence-corrected chi connectivity index (χ4v) is 1.63. The Bertz CT molecular complexity index is 411. The number of aryl methyl sites for hydroxylation is 2. The molecule has 92 valence electrons. The summed E-state index contributed by atoms with van der Waals surface area (Å²) in [5.74, 6) is 3.72. The maximum Gasteiger partial charge on any atom is 0.129 e. The van der Waals surface area contributed by atoms with Crippen molar-refractivity contribution in [2.75, 3.05) is 0 Å². The molecule has 2 heterocycles. The first-order valence-electron chi connectivity index (χ1n) is 6.04. The molecule has 0 atom stereocenters. The monoisotopic (exact) mass is 234 g/mol. The van der Waals surface area contributed by atoms with Gasteiger partial charge in [0.05, 0.1) is 0 Å². The van der Waals surface area contributed by atoms with E-state index in [0.29, 0.717) is 13.2 Å². The summed E-state index contributed by atoms with van der Waals surface area (Å²) in [7, 11) is 0. The Kier molecular flexibility index (Phi) is 4.04. The van der Waals surface area contributed by atoms with E-state index in [0.717, 1.165) is 35.9 Å². The number of hydrogen-bond acceptors (Lipinski definition) is 3. The Morgan fingerprint density at radius 3 is 1.53 bits per heavy atom. The van der Waals surface area contributed by atoms with Gasteiger partial charge in [-0.25, -0.2) is 0 Å². The highest BCUT2D eigenvalue weighted by Gasteiger charge is 2.03. The van der Waals surface area contributed by atoms with Crippen LogP contribution in [-0.2, 0) is 30.8 Å². The molecule has 0 fully saturated rings. The third-order valence-electron chi connectivity index (χ3n) is 2.62. The summed E-state index contributed by atoms with van der Waals surface area (Å²) in [5, 5.41) is 0. The molecule has 0 spiro atoms. The van der Waals surface area contributed by atoms with E-state index >= 15 is 0 Å². The molecule has 0 unspecified atom stereocenters. The predicted octanol–water partition coefficient (Wildman–Crippen LogP) is 3.71. The van der Waals surface area contributed by atoms with Crippen LogP contribution < -0.4 is 0 Å². The van der Waals surface area contributed by atoms with Crippen LogP contribution in [0.3, 0.4) is 0 Å². The summed E-state index contributed by atoms with van der Waals surface area (Å²) in [4.78, 5) is 0. The molecule has 0 radical (unpaired) electrons. The van der Waals surface area contributed by atoms with Gasteiger partial charge >= 0.3 is 0 Å². The second kappa shape index (κ2) is 5.73. The second-order valence-corrected chi connectivity index (χ2v) is 3.94. The largest absolute Gasteiger partial charge is 0.464 e. The fourth-order valence-electron chi connectivity index (χ4n) is 1.63. The van der Waals surface area contributed by atoms with E-state index in [1.807, 2.05) is 24.3 Å². The molecule has 3 nitrogen and oxygen atoms in total. The van der Waals surface area contributed by atoms with E-state index in [1.54, 1.807) is 0 Å². The zero-order chi connectivity index (χ0) is 12.1. The lowest BCUT2D eigenvalue weighted by Crippen LogP contribution is -1.91. The molecule has 0 aromatic carbocycles. The van der Waals surface area contributed by atoms with Crippen molar-refractivity contribution < 1.29 is 13.6 Å². The molecule has 0 N–H and O–H groups in total. The highest BCUT2D eigenvalue weighted by Crippen LogP contribution is 2.13. The maximum absolute atomic E-state index is 5.54. The highest BCUT2D eigenvalue weighted by atomic mass is 16.5.